The Morgan fingerprint density at radius 2 is 1.96 bits per heavy atom. The lowest BCUT2D eigenvalue weighted by Crippen LogP contribution is -2.08. The Bertz CT molecular complexity index is 1080. The lowest BCUT2D eigenvalue weighted by atomic mass is 10.2. The number of hydrogen-bond donors (Lipinski definition) is 0. The van der Waals surface area contributed by atoms with E-state index in [0.717, 1.165) is 23.5 Å². The minimum atomic E-state index is -0.398. The fourth-order valence-corrected chi connectivity index (χ4v) is 3.72. The van der Waals surface area contributed by atoms with E-state index in [4.69, 9.17) is 9.15 Å². The van der Waals surface area contributed by atoms with Crippen molar-refractivity contribution in [1.82, 2.24) is 14.8 Å². The van der Waals surface area contributed by atoms with Gasteiger partial charge in [0.25, 0.3) is 5.89 Å². The number of aryl methyl sites for hydroxylation is 1. The second-order valence-electron chi connectivity index (χ2n) is 6.39. The van der Waals surface area contributed by atoms with Gasteiger partial charge >= 0.3 is 5.97 Å². The van der Waals surface area contributed by atoms with E-state index < -0.39 is 5.97 Å². The van der Waals surface area contributed by atoms with Crippen LogP contribution >= 0.6 is 11.3 Å². The smallest absolute Gasteiger partial charge is 0.340 e. The fraction of sp³-hybridized carbons (Fsp3) is 0.190. The number of carbonyl (C=O) groups excluding carboxylic acids is 1. The summed E-state index contributed by atoms with van der Waals surface area (Å²) < 4.78 is 13.1. The molecular weight excluding hydrogens is 374 g/mol. The lowest BCUT2D eigenvalue weighted by molar-refractivity contribution is 0.0437. The van der Waals surface area contributed by atoms with Crippen LogP contribution in [0.5, 0.6) is 0 Å². The summed E-state index contributed by atoms with van der Waals surface area (Å²) in [6.07, 6.45) is 0. The summed E-state index contributed by atoms with van der Waals surface area (Å²) >= 11 is 1.70. The van der Waals surface area contributed by atoms with Gasteiger partial charge in [0.05, 0.1) is 12.1 Å². The van der Waals surface area contributed by atoms with Crippen LogP contribution in [0.1, 0.15) is 32.5 Å². The van der Waals surface area contributed by atoms with E-state index in [1.54, 1.807) is 11.3 Å². The molecule has 1 aromatic carbocycles. The largest absolute Gasteiger partial charge is 0.452 e. The number of rotatable bonds is 6. The molecule has 0 saturated carbocycles. The zero-order valence-corrected chi connectivity index (χ0v) is 16.4. The summed E-state index contributed by atoms with van der Waals surface area (Å²) in [4.78, 5) is 13.8. The molecule has 3 aromatic heterocycles. The summed E-state index contributed by atoms with van der Waals surface area (Å²) in [6.45, 7) is 4.60. The third-order valence-corrected chi connectivity index (χ3v) is 5.36. The SMILES string of the molecule is Cc1cc(C(=O)OCc2nnc(-c3ccccc3)o2)c(C)n1Cc1cccs1. The molecule has 0 N–H and O–H groups in total. The Morgan fingerprint density at radius 3 is 2.71 bits per heavy atom. The van der Waals surface area contributed by atoms with Gasteiger partial charge in [-0.1, -0.05) is 24.3 Å². The molecule has 6 nitrogen and oxygen atoms in total. The number of nitrogens with zero attached hydrogens (tertiary/aromatic N) is 3. The second kappa shape index (κ2) is 7.82. The maximum Gasteiger partial charge on any atom is 0.340 e. The average molecular weight is 393 g/mol. The molecule has 0 aliphatic heterocycles. The molecule has 4 aromatic rings. The molecule has 142 valence electrons. The van der Waals surface area contributed by atoms with Crippen LogP contribution in [0, 0.1) is 13.8 Å². The van der Waals surface area contributed by atoms with Crippen LogP contribution < -0.4 is 0 Å². The molecule has 0 fully saturated rings. The van der Waals surface area contributed by atoms with Gasteiger partial charge in [-0.25, -0.2) is 4.79 Å². The van der Waals surface area contributed by atoms with Crippen molar-refractivity contribution in [3.05, 3.63) is 81.6 Å². The molecule has 0 bridgehead atoms. The van der Waals surface area contributed by atoms with Crippen molar-refractivity contribution in [2.24, 2.45) is 0 Å². The summed E-state index contributed by atoms with van der Waals surface area (Å²) in [5.41, 5.74) is 3.27. The van der Waals surface area contributed by atoms with Crippen LogP contribution in [0.15, 0.2) is 58.3 Å². The Balaban J connectivity index is 1.44. The first kappa shape index (κ1) is 18.2. The standard InChI is InChI=1S/C21H19N3O3S/c1-14-11-18(15(2)24(14)12-17-9-6-10-28-17)21(25)26-13-19-22-23-20(27-19)16-7-4-3-5-8-16/h3-11H,12-13H2,1-2H3. The van der Waals surface area contributed by atoms with Crippen molar-refractivity contribution in [3.8, 4) is 11.5 Å². The number of ether oxygens (including phenoxy) is 1. The lowest BCUT2D eigenvalue weighted by Gasteiger charge is -2.08. The molecule has 4 rings (SSSR count). The number of thiophene rings is 1. The highest BCUT2D eigenvalue weighted by molar-refractivity contribution is 7.09. The first-order chi connectivity index (χ1) is 13.6. The van der Waals surface area contributed by atoms with Crippen molar-refractivity contribution in [3.63, 3.8) is 0 Å². The van der Waals surface area contributed by atoms with Gasteiger partial charge in [-0.15, -0.1) is 21.5 Å². The Labute approximate surface area is 166 Å². The number of hydrogen-bond acceptors (Lipinski definition) is 6. The van der Waals surface area contributed by atoms with Gasteiger partial charge in [0.2, 0.25) is 5.89 Å². The topological polar surface area (TPSA) is 70.2 Å². The van der Waals surface area contributed by atoms with E-state index in [-0.39, 0.29) is 12.5 Å². The van der Waals surface area contributed by atoms with Gasteiger partial charge in [0.1, 0.15) is 0 Å². The van der Waals surface area contributed by atoms with Crippen molar-refractivity contribution in [2.45, 2.75) is 27.0 Å². The zero-order valence-electron chi connectivity index (χ0n) is 15.6. The van der Waals surface area contributed by atoms with Crippen LogP contribution in [-0.2, 0) is 17.9 Å². The molecule has 0 spiro atoms. The molecule has 0 unspecified atom stereocenters. The molecule has 0 aliphatic carbocycles. The highest BCUT2D eigenvalue weighted by Crippen LogP contribution is 2.21. The fourth-order valence-electron chi connectivity index (χ4n) is 3.02. The van der Waals surface area contributed by atoms with Crippen LogP contribution in [0.25, 0.3) is 11.5 Å². The Kier molecular flexibility index (Phi) is 5.08. The predicted octanol–water partition coefficient (Wildman–Crippen LogP) is 4.62. The Morgan fingerprint density at radius 1 is 1.14 bits per heavy atom. The van der Waals surface area contributed by atoms with Gasteiger partial charge in [0, 0.05) is 21.8 Å². The molecule has 0 amide bonds. The minimum absolute atomic E-state index is 0.0622. The number of esters is 1. The third-order valence-electron chi connectivity index (χ3n) is 4.50. The summed E-state index contributed by atoms with van der Waals surface area (Å²) in [6, 6.07) is 15.4. The van der Waals surface area contributed by atoms with Crippen molar-refractivity contribution in [1.29, 1.82) is 0 Å². The van der Waals surface area contributed by atoms with Gasteiger partial charge in [-0.3, -0.25) is 0 Å². The van der Waals surface area contributed by atoms with Gasteiger partial charge in [0.15, 0.2) is 6.61 Å². The molecular formula is C21H19N3O3S. The van der Waals surface area contributed by atoms with E-state index >= 15 is 0 Å². The van der Waals surface area contributed by atoms with E-state index in [0.29, 0.717) is 11.5 Å². The van der Waals surface area contributed by atoms with Crippen LogP contribution in [0.2, 0.25) is 0 Å². The minimum Gasteiger partial charge on any atom is -0.452 e. The quantitative estimate of drug-likeness (QED) is 0.447. The number of aromatic nitrogens is 3. The van der Waals surface area contributed by atoms with Crippen LogP contribution in [-0.4, -0.2) is 20.7 Å². The van der Waals surface area contributed by atoms with E-state index in [1.807, 2.05) is 61.7 Å². The molecule has 28 heavy (non-hydrogen) atoms. The molecule has 3 heterocycles. The molecule has 0 aliphatic rings. The van der Waals surface area contributed by atoms with Crippen LogP contribution in [0.3, 0.4) is 0 Å². The van der Waals surface area contributed by atoms with Gasteiger partial charge in [-0.05, 0) is 43.5 Å². The first-order valence-electron chi connectivity index (χ1n) is 8.86. The third kappa shape index (κ3) is 3.75. The number of benzene rings is 1. The van der Waals surface area contributed by atoms with E-state index in [9.17, 15) is 4.79 Å². The second-order valence-corrected chi connectivity index (χ2v) is 7.43. The normalized spacial score (nSPS) is 10.9. The number of carbonyl (C=O) groups is 1. The van der Waals surface area contributed by atoms with E-state index in [2.05, 4.69) is 20.8 Å². The maximum absolute atomic E-state index is 12.6. The summed E-state index contributed by atoms with van der Waals surface area (Å²) in [7, 11) is 0. The van der Waals surface area contributed by atoms with Crippen molar-refractivity contribution >= 4 is 17.3 Å². The highest BCUT2D eigenvalue weighted by Gasteiger charge is 2.18. The highest BCUT2D eigenvalue weighted by atomic mass is 32.1. The molecule has 0 atom stereocenters. The summed E-state index contributed by atoms with van der Waals surface area (Å²) in [5.74, 6) is 0.269. The monoisotopic (exact) mass is 393 g/mol. The molecule has 7 heteroatoms. The Hall–Kier alpha value is -3.19. The zero-order chi connectivity index (χ0) is 19.5. The van der Waals surface area contributed by atoms with Gasteiger partial charge < -0.3 is 13.7 Å². The molecule has 0 radical (unpaired) electrons. The van der Waals surface area contributed by atoms with Crippen LogP contribution in [0.4, 0.5) is 0 Å². The van der Waals surface area contributed by atoms with Crippen molar-refractivity contribution in [2.75, 3.05) is 0 Å². The summed E-state index contributed by atoms with van der Waals surface area (Å²) in [5, 5.41) is 10.0. The first-order valence-corrected chi connectivity index (χ1v) is 9.74. The van der Waals surface area contributed by atoms with E-state index in [1.165, 1.54) is 4.88 Å². The maximum atomic E-state index is 12.6. The predicted molar refractivity (Wildman–Crippen MR) is 106 cm³/mol. The van der Waals surface area contributed by atoms with Gasteiger partial charge in [-0.2, -0.15) is 0 Å². The van der Waals surface area contributed by atoms with Crippen molar-refractivity contribution < 1.29 is 13.9 Å². The molecule has 0 saturated heterocycles. The average Bonchev–Trinajstić information content (AvgIpc) is 3.45.